The smallest absolute Gasteiger partial charge is 0.254 e. The van der Waals surface area contributed by atoms with Gasteiger partial charge in [0.05, 0.1) is 11.3 Å². The van der Waals surface area contributed by atoms with Gasteiger partial charge in [-0.05, 0) is 45.6 Å². The molecular weight excluding hydrogens is 252 g/mol. The van der Waals surface area contributed by atoms with E-state index in [2.05, 4.69) is 22.7 Å². The first-order chi connectivity index (χ1) is 9.60. The van der Waals surface area contributed by atoms with Crippen LogP contribution in [0.4, 0.5) is 0 Å². The van der Waals surface area contributed by atoms with Crippen LogP contribution >= 0.6 is 0 Å². The number of nitrogens with zero attached hydrogens (tertiary/aromatic N) is 2. The molecule has 0 unspecified atom stereocenters. The van der Waals surface area contributed by atoms with E-state index in [1.165, 1.54) is 6.42 Å². The van der Waals surface area contributed by atoms with Gasteiger partial charge in [0.2, 0.25) is 0 Å². The third-order valence-electron chi connectivity index (χ3n) is 4.00. The first kappa shape index (κ1) is 15.0. The highest BCUT2D eigenvalue weighted by Crippen LogP contribution is 2.19. The Balaban J connectivity index is 1.80. The molecule has 1 fully saturated rings. The van der Waals surface area contributed by atoms with Crippen LogP contribution in [0.5, 0.6) is 0 Å². The topological polar surface area (TPSA) is 58.9 Å². The number of rotatable bonds is 5. The average Bonchev–Trinajstić information content (AvgIpc) is 2.77. The minimum Gasteiger partial charge on any atom is -0.349 e. The van der Waals surface area contributed by atoms with Crippen molar-refractivity contribution in [3.63, 3.8) is 0 Å². The summed E-state index contributed by atoms with van der Waals surface area (Å²) in [4.78, 5) is 12.2. The summed E-state index contributed by atoms with van der Waals surface area (Å²) >= 11 is 0. The van der Waals surface area contributed by atoms with Crippen LogP contribution in [-0.2, 0) is 7.05 Å². The molecule has 1 amide bonds. The SMILES string of the molecule is CCCNC1CCC(NC(=O)c2cn(C)nc2C)CC1. The lowest BCUT2D eigenvalue weighted by molar-refractivity contribution is 0.0923. The maximum absolute atomic E-state index is 12.2. The van der Waals surface area contributed by atoms with Gasteiger partial charge in [-0.3, -0.25) is 9.48 Å². The van der Waals surface area contributed by atoms with Crippen molar-refractivity contribution in [2.24, 2.45) is 7.05 Å². The minimum absolute atomic E-state index is 0.0144. The predicted octanol–water partition coefficient (Wildman–Crippen LogP) is 1.77. The normalized spacial score (nSPS) is 22.8. The Kier molecular flexibility index (Phi) is 5.17. The van der Waals surface area contributed by atoms with Crippen LogP contribution in [0.1, 0.15) is 55.1 Å². The van der Waals surface area contributed by atoms with Crippen molar-refractivity contribution in [3.8, 4) is 0 Å². The fourth-order valence-corrected chi connectivity index (χ4v) is 2.88. The fraction of sp³-hybridized carbons (Fsp3) is 0.733. The van der Waals surface area contributed by atoms with Crippen molar-refractivity contribution in [2.45, 2.75) is 58.0 Å². The van der Waals surface area contributed by atoms with Gasteiger partial charge in [-0.15, -0.1) is 0 Å². The molecule has 2 N–H and O–H groups in total. The third kappa shape index (κ3) is 3.82. The molecule has 112 valence electrons. The number of aromatic nitrogens is 2. The number of hydrogen-bond acceptors (Lipinski definition) is 3. The summed E-state index contributed by atoms with van der Waals surface area (Å²) in [5.74, 6) is 0.0144. The molecule has 0 atom stereocenters. The first-order valence-electron chi connectivity index (χ1n) is 7.64. The summed E-state index contributed by atoms with van der Waals surface area (Å²) in [6.45, 7) is 5.16. The highest BCUT2D eigenvalue weighted by atomic mass is 16.1. The van der Waals surface area contributed by atoms with Gasteiger partial charge >= 0.3 is 0 Å². The summed E-state index contributed by atoms with van der Waals surface area (Å²) in [5, 5.41) is 10.9. The van der Waals surface area contributed by atoms with Gasteiger partial charge in [-0.2, -0.15) is 5.10 Å². The van der Waals surface area contributed by atoms with Crippen LogP contribution in [0, 0.1) is 6.92 Å². The van der Waals surface area contributed by atoms with Crippen LogP contribution in [0.2, 0.25) is 0 Å². The zero-order valence-electron chi connectivity index (χ0n) is 12.8. The van der Waals surface area contributed by atoms with Crippen molar-refractivity contribution in [2.75, 3.05) is 6.54 Å². The van der Waals surface area contributed by atoms with E-state index in [-0.39, 0.29) is 5.91 Å². The number of aryl methyl sites for hydroxylation is 2. The molecule has 2 rings (SSSR count). The van der Waals surface area contributed by atoms with Crippen molar-refractivity contribution >= 4 is 5.91 Å². The summed E-state index contributed by atoms with van der Waals surface area (Å²) in [6, 6.07) is 0.935. The molecule has 1 aromatic heterocycles. The van der Waals surface area contributed by atoms with Crippen LogP contribution in [0.3, 0.4) is 0 Å². The second-order valence-corrected chi connectivity index (χ2v) is 5.78. The summed E-state index contributed by atoms with van der Waals surface area (Å²) in [7, 11) is 1.84. The summed E-state index contributed by atoms with van der Waals surface area (Å²) in [6.07, 6.45) is 7.39. The standard InChI is InChI=1S/C15H26N4O/c1-4-9-16-12-5-7-13(8-6-12)17-15(20)14-10-19(3)18-11(14)2/h10,12-13,16H,4-9H2,1-3H3,(H,17,20). The number of amides is 1. The Morgan fingerprint density at radius 3 is 2.55 bits per heavy atom. The fourth-order valence-electron chi connectivity index (χ4n) is 2.88. The van der Waals surface area contributed by atoms with E-state index in [9.17, 15) is 4.79 Å². The van der Waals surface area contributed by atoms with Crippen LogP contribution in [-0.4, -0.2) is 34.3 Å². The van der Waals surface area contributed by atoms with Gasteiger partial charge in [0.15, 0.2) is 0 Å². The molecule has 1 aliphatic rings. The van der Waals surface area contributed by atoms with Gasteiger partial charge in [0.1, 0.15) is 0 Å². The van der Waals surface area contributed by atoms with E-state index in [0.717, 1.165) is 37.9 Å². The Labute approximate surface area is 121 Å². The molecule has 20 heavy (non-hydrogen) atoms. The van der Waals surface area contributed by atoms with E-state index < -0.39 is 0 Å². The second-order valence-electron chi connectivity index (χ2n) is 5.78. The van der Waals surface area contributed by atoms with Gasteiger partial charge in [0.25, 0.3) is 5.91 Å². The maximum Gasteiger partial charge on any atom is 0.254 e. The Morgan fingerprint density at radius 1 is 1.35 bits per heavy atom. The average molecular weight is 278 g/mol. The molecule has 1 aromatic rings. The lowest BCUT2D eigenvalue weighted by Gasteiger charge is -2.29. The van der Waals surface area contributed by atoms with Crippen molar-refractivity contribution in [1.82, 2.24) is 20.4 Å². The van der Waals surface area contributed by atoms with Gasteiger partial charge in [-0.1, -0.05) is 6.92 Å². The third-order valence-corrected chi connectivity index (χ3v) is 4.00. The molecule has 1 aliphatic carbocycles. The molecule has 0 spiro atoms. The lowest BCUT2D eigenvalue weighted by Crippen LogP contribution is -2.42. The largest absolute Gasteiger partial charge is 0.349 e. The van der Waals surface area contributed by atoms with E-state index in [4.69, 9.17) is 0 Å². The Hall–Kier alpha value is -1.36. The Morgan fingerprint density at radius 2 is 2.00 bits per heavy atom. The van der Waals surface area contributed by atoms with Crippen LogP contribution in [0.15, 0.2) is 6.20 Å². The van der Waals surface area contributed by atoms with Gasteiger partial charge in [-0.25, -0.2) is 0 Å². The van der Waals surface area contributed by atoms with Crippen LogP contribution in [0.25, 0.3) is 0 Å². The molecule has 0 aliphatic heterocycles. The second kappa shape index (κ2) is 6.88. The molecule has 0 aromatic carbocycles. The van der Waals surface area contributed by atoms with E-state index in [1.807, 2.05) is 14.0 Å². The van der Waals surface area contributed by atoms with Crippen molar-refractivity contribution in [3.05, 3.63) is 17.5 Å². The number of carbonyl (C=O) groups is 1. The molecule has 0 radical (unpaired) electrons. The van der Waals surface area contributed by atoms with Gasteiger partial charge < -0.3 is 10.6 Å². The number of nitrogens with one attached hydrogen (secondary N) is 2. The monoisotopic (exact) mass is 278 g/mol. The zero-order chi connectivity index (χ0) is 14.5. The minimum atomic E-state index is 0.0144. The van der Waals surface area contributed by atoms with E-state index in [0.29, 0.717) is 17.6 Å². The maximum atomic E-state index is 12.2. The van der Waals surface area contributed by atoms with Gasteiger partial charge in [0, 0.05) is 25.3 Å². The molecule has 1 heterocycles. The highest BCUT2D eigenvalue weighted by molar-refractivity contribution is 5.95. The van der Waals surface area contributed by atoms with Crippen molar-refractivity contribution < 1.29 is 4.79 Å². The molecule has 0 saturated heterocycles. The lowest BCUT2D eigenvalue weighted by atomic mass is 9.91. The van der Waals surface area contributed by atoms with E-state index in [1.54, 1.807) is 10.9 Å². The molecule has 5 heteroatoms. The van der Waals surface area contributed by atoms with Crippen molar-refractivity contribution in [1.29, 1.82) is 0 Å². The quantitative estimate of drug-likeness (QED) is 0.863. The Bertz CT molecular complexity index is 447. The summed E-state index contributed by atoms with van der Waals surface area (Å²) < 4.78 is 1.69. The number of hydrogen-bond donors (Lipinski definition) is 2. The van der Waals surface area contributed by atoms with E-state index >= 15 is 0 Å². The zero-order valence-corrected chi connectivity index (χ0v) is 12.8. The molecule has 1 saturated carbocycles. The molecule has 0 bridgehead atoms. The highest BCUT2D eigenvalue weighted by Gasteiger charge is 2.23. The predicted molar refractivity (Wildman–Crippen MR) is 79.7 cm³/mol. The first-order valence-corrected chi connectivity index (χ1v) is 7.64. The number of carbonyl (C=O) groups excluding carboxylic acids is 1. The molecule has 5 nitrogen and oxygen atoms in total. The van der Waals surface area contributed by atoms with Crippen LogP contribution < -0.4 is 10.6 Å². The summed E-state index contributed by atoms with van der Waals surface area (Å²) in [5.41, 5.74) is 1.49. The molecular formula is C15H26N4O.